The van der Waals surface area contributed by atoms with Gasteiger partial charge in [0.2, 0.25) is 5.91 Å². The first-order chi connectivity index (χ1) is 15.7. The van der Waals surface area contributed by atoms with Gasteiger partial charge in [0.05, 0.1) is 15.5 Å². The lowest BCUT2D eigenvalue weighted by atomic mass is 10.00. The van der Waals surface area contributed by atoms with Crippen LogP contribution < -0.4 is 10.0 Å². The van der Waals surface area contributed by atoms with Crippen molar-refractivity contribution in [1.82, 2.24) is 4.98 Å². The van der Waals surface area contributed by atoms with Crippen LogP contribution in [0, 0.1) is 19.8 Å². The number of nitrogens with zero attached hydrogens (tertiary/aromatic N) is 1. The molecule has 8 nitrogen and oxygen atoms in total. The smallest absolute Gasteiger partial charge is 0.262 e. The number of sulfonamides is 1. The van der Waals surface area contributed by atoms with Gasteiger partial charge in [0, 0.05) is 24.8 Å². The van der Waals surface area contributed by atoms with E-state index < -0.39 is 10.0 Å². The van der Waals surface area contributed by atoms with Crippen LogP contribution in [0.2, 0.25) is 0 Å². The van der Waals surface area contributed by atoms with Crippen LogP contribution >= 0.6 is 11.3 Å². The lowest BCUT2D eigenvalue weighted by Gasteiger charge is -2.20. The zero-order valence-electron chi connectivity index (χ0n) is 18.3. The van der Waals surface area contributed by atoms with Gasteiger partial charge in [0.25, 0.3) is 10.0 Å². The SMILES string of the molecule is Cc1ccc(-c2sc(NC(=O)C3CCOCC3)nc2C)cc1S(=O)(=O)Nc1ccc(O)cc1. The van der Waals surface area contributed by atoms with Crippen LogP contribution in [0.5, 0.6) is 5.75 Å². The fraction of sp³-hybridized carbons (Fsp3) is 0.304. The number of amides is 1. The van der Waals surface area contributed by atoms with E-state index in [4.69, 9.17) is 4.74 Å². The third-order valence-corrected chi connectivity index (χ3v) is 8.12. The van der Waals surface area contributed by atoms with Gasteiger partial charge in [-0.05, 0) is 68.1 Å². The number of hydrogen-bond acceptors (Lipinski definition) is 7. The fourth-order valence-electron chi connectivity index (χ4n) is 3.66. The molecule has 0 saturated carbocycles. The zero-order valence-corrected chi connectivity index (χ0v) is 19.9. The molecule has 0 spiro atoms. The van der Waals surface area contributed by atoms with Gasteiger partial charge >= 0.3 is 0 Å². The molecule has 174 valence electrons. The van der Waals surface area contributed by atoms with E-state index in [0.29, 0.717) is 53.7 Å². The number of phenols is 1. The van der Waals surface area contributed by atoms with Crippen molar-refractivity contribution in [2.24, 2.45) is 5.92 Å². The number of rotatable bonds is 6. The molecule has 10 heteroatoms. The van der Waals surface area contributed by atoms with Gasteiger partial charge in [-0.15, -0.1) is 0 Å². The van der Waals surface area contributed by atoms with Crippen molar-refractivity contribution in [2.75, 3.05) is 23.3 Å². The van der Waals surface area contributed by atoms with Crippen LogP contribution in [0.25, 0.3) is 10.4 Å². The van der Waals surface area contributed by atoms with E-state index in [1.807, 2.05) is 13.0 Å². The van der Waals surface area contributed by atoms with E-state index in [-0.39, 0.29) is 22.5 Å². The number of aryl methyl sites for hydroxylation is 2. The maximum atomic E-state index is 13.0. The fourth-order valence-corrected chi connectivity index (χ4v) is 5.95. The highest BCUT2D eigenvalue weighted by molar-refractivity contribution is 7.92. The predicted octanol–water partition coefficient (Wildman–Crippen LogP) is 4.30. The number of hydrogen-bond donors (Lipinski definition) is 3. The number of nitrogens with one attached hydrogen (secondary N) is 2. The molecular formula is C23H25N3O5S2. The molecule has 3 N–H and O–H groups in total. The number of aromatic nitrogens is 1. The highest BCUT2D eigenvalue weighted by Crippen LogP contribution is 2.35. The summed E-state index contributed by atoms with van der Waals surface area (Å²) < 4.78 is 34.0. The maximum Gasteiger partial charge on any atom is 0.262 e. The number of thiazole rings is 1. The normalized spacial score (nSPS) is 14.7. The molecule has 2 heterocycles. The van der Waals surface area contributed by atoms with E-state index in [0.717, 1.165) is 4.88 Å². The Labute approximate surface area is 196 Å². The van der Waals surface area contributed by atoms with Crippen molar-refractivity contribution < 1.29 is 23.1 Å². The molecule has 0 atom stereocenters. The Bertz CT molecular complexity index is 1260. The monoisotopic (exact) mass is 487 g/mol. The zero-order chi connectivity index (χ0) is 23.6. The highest BCUT2D eigenvalue weighted by atomic mass is 32.2. The summed E-state index contributed by atoms with van der Waals surface area (Å²) >= 11 is 1.32. The Hall–Kier alpha value is -2.95. The topological polar surface area (TPSA) is 118 Å². The summed E-state index contributed by atoms with van der Waals surface area (Å²) in [6, 6.07) is 11.0. The summed E-state index contributed by atoms with van der Waals surface area (Å²) in [6.07, 6.45) is 1.38. The van der Waals surface area contributed by atoms with Crippen LogP contribution in [0.1, 0.15) is 24.1 Å². The summed E-state index contributed by atoms with van der Waals surface area (Å²) in [5.41, 5.74) is 2.36. The Balaban J connectivity index is 1.58. The molecule has 0 bridgehead atoms. The van der Waals surface area contributed by atoms with Gasteiger partial charge in [-0.25, -0.2) is 13.4 Å². The maximum absolute atomic E-state index is 13.0. The highest BCUT2D eigenvalue weighted by Gasteiger charge is 2.24. The van der Waals surface area contributed by atoms with Crippen molar-refractivity contribution in [3.8, 4) is 16.2 Å². The first-order valence-electron chi connectivity index (χ1n) is 10.5. The summed E-state index contributed by atoms with van der Waals surface area (Å²) in [6.45, 7) is 4.73. The molecule has 1 aliphatic heterocycles. The molecule has 0 radical (unpaired) electrons. The van der Waals surface area contributed by atoms with Crippen LogP contribution in [0.4, 0.5) is 10.8 Å². The molecule has 3 aromatic rings. The molecule has 1 amide bonds. The number of benzene rings is 2. The molecule has 1 fully saturated rings. The molecule has 1 aliphatic rings. The van der Waals surface area contributed by atoms with Crippen LogP contribution in [0.3, 0.4) is 0 Å². The Morgan fingerprint density at radius 3 is 2.52 bits per heavy atom. The molecular weight excluding hydrogens is 462 g/mol. The van der Waals surface area contributed by atoms with Gasteiger partial charge in [-0.3, -0.25) is 9.52 Å². The number of carbonyl (C=O) groups excluding carboxylic acids is 1. The van der Waals surface area contributed by atoms with E-state index in [2.05, 4.69) is 15.0 Å². The number of anilines is 2. The first-order valence-corrected chi connectivity index (χ1v) is 12.8. The Kier molecular flexibility index (Phi) is 6.68. The van der Waals surface area contributed by atoms with E-state index in [1.165, 1.54) is 35.6 Å². The van der Waals surface area contributed by atoms with Gasteiger partial charge in [-0.2, -0.15) is 0 Å². The quantitative estimate of drug-likeness (QED) is 0.446. The van der Waals surface area contributed by atoms with Gasteiger partial charge in [-0.1, -0.05) is 23.5 Å². The summed E-state index contributed by atoms with van der Waals surface area (Å²) in [4.78, 5) is 18.0. The third-order valence-electron chi connectivity index (χ3n) is 5.48. The second-order valence-corrected chi connectivity index (χ2v) is 10.6. The summed E-state index contributed by atoms with van der Waals surface area (Å²) in [5.74, 6) is -0.103. The minimum absolute atomic E-state index is 0.0523. The average Bonchev–Trinajstić information content (AvgIpc) is 3.16. The lowest BCUT2D eigenvalue weighted by Crippen LogP contribution is -2.28. The Morgan fingerprint density at radius 1 is 1.12 bits per heavy atom. The van der Waals surface area contributed by atoms with E-state index in [1.54, 1.807) is 19.1 Å². The molecule has 2 aromatic carbocycles. The van der Waals surface area contributed by atoms with Crippen LogP contribution in [-0.2, 0) is 19.6 Å². The molecule has 0 aliphatic carbocycles. The molecule has 0 unspecified atom stereocenters. The molecule has 1 aromatic heterocycles. The van der Waals surface area contributed by atoms with Crippen molar-refractivity contribution in [2.45, 2.75) is 31.6 Å². The lowest BCUT2D eigenvalue weighted by molar-refractivity contribution is -0.122. The average molecular weight is 488 g/mol. The number of phenolic OH excluding ortho intramolecular Hbond substituents is 1. The minimum atomic E-state index is -3.86. The predicted molar refractivity (Wildman–Crippen MR) is 128 cm³/mol. The summed E-state index contributed by atoms with van der Waals surface area (Å²) in [7, 11) is -3.86. The van der Waals surface area contributed by atoms with Crippen LogP contribution in [0.15, 0.2) is 47.4 Å². The molecule has 4 rings (SSSR count). The Morgan fingerprint density at radius 2 is 1.82 bits per heavy atom. The van der Waals surface area contributed by atoms with Crippen molar-refractivity contribution in [3.05, 3.63) is 53.7 Å². The van der Waals surface area contributed by atoms with E-state index >= 15 is 0 Å². The van der Waals surface area contributed by atoms with Crippen LogP contribution in [-0.4, -0.2) is 37.6 Å². The van der Waals surface area contributed by atoms with E-state index in [9.17, 15) is 18.3 Å². The van der Waals surface area contributed by atoms with Crippen molar-refractivity contribution >= 4 is 38.1 Å². The van der Waals surface area contributed by atoms with Gasteiger partial charge < -0.3 is 15.2 Å². The van der Waals surface area contributed by atoms with Crippen molar-refractivity contribution in [1.29, 1.82) is 0 Å². The standard InChI is InChI=1S/C23H25N3O5S2/c1-14-3-4-17(13-20(14)33(29,30)26-18-5-7-19(27)8-6-18)21-15(2)24-23(32-21)25-22(28)16-9-11-31-12-10-16/h3-8,13,16,26-27H,9-12H2,1-2H3,(H,24,25,28). The third kappa shape index (κ3) is 5.35. The summed E-state index contributed by atoms with van der Waals surface area (Å²) in [5, 5.41) is 12.8. The second-order valence-electron chi connectivity index (χ2n) is 7.94. The largest absolute Gasteiger partial charge is 0.508 e. The number of ether oxygens (including phenoxy) is 1. The van der Waals surface area contributed by atoms with Crippen molar-refractivity contribution in [3.63, 3.8) is 0 Å². The number of aromatic hydroxyl groups is 1. The first kappa shape index (κ1) is 23.2. The molecule has 33 heavy (non-hydrogen) atoms. The number of carbonyl (C=O) groups is 1. The van der Waals surface area contributed by atoms with Gasteiger partial charge in [0.15, 0.2) is 5.13 Å². The van der Waals surface area contributed by atoms with Gasteiger partial charge in [0.1, 0.15) is 5.75 Å². The molecule has 1 saturated heterocycles. The second kappa shape index (κ2) is 9.50. The minimum Gasteiger partial charge on any atom is -0.508 e.